The van der Waals surface area contributed by atoms with Crippen LogP contribution in [0.25, 0.3) is 21.9 Å². The largest absolute Gasteiger partial charge is 0.395 e. The minimum absolute atomic E-state index is 0.276. The molecule has 80 valence electrons. The first-order valence-corrected chi connectivity index (χ1v) is 6.05. The van der Waals surface area contributed by atoms with Gasteiger partial charge >= 0.3 is 5.28 Å². The van der Waals surface area contributed by atoms with Crippen molar-refractivity contribution in [1.82, 2.24) is 9.97 Å². The van der Waals surface area contributed by atoms with Crippen molar-refractivity contribution < 1.29 is 4.98 Å². The summed E-state index contributed by atoms with van der Waals surface area (Å²) in [6.07, 6.45) is 0. The van der Waals surface area contributed by atoms with Gasteiger partial charge in [-0.3, -0.25) is 0 Å². The Morgan fingerprint density at radius 2 is 2.12 bits per heavy atom. The van der Waals surface area contributed by atoms with Crippen LogP contribution in [-0.2, 0) is 0 Å². The highest BCUT2D eigenvalue weighted by Gasteiger charge is 2.17. The summed E-state index contributed by atoms with van der Waals surface area (Å²) in [6, 6.07) is 5.93. The molecule has 1 aromatic carbocycles. The van der Waals surface area contributed by atoms with E-state index in [2.05, 4.69) is 30.9 Å². The van der Waals surface area contributed by atoms with Crippen LogP contribution in [0, 0.1) is 0 Å². The fourth-order valence-corrected chi connectivity index (χ4v) is 2.53. The minimum Gasteiger partial charge on any atom is -0.347 e. The Morgan fingerprint density at radius 3 is 2.94 bits per heavy atom. The molecule has 0 spiro atoms. The van der Waals surface area contributed by atoms with Crippen molar-refractivity contribution in [3.05, 3.63) is 33.1 Å². The molecular weight excluding hydrogens is 313 g/mol. The Labute approximate surface area is 109 Å². The monoisotopic (exact) mass is 316 g/mol. The van der Waals surface area contributed by atoms with E-state index in [1.54, 1.807) is 0 Å². The van der Waals surface area contributed by atoms with Crippen LogP contribution in [0.5, 0.6) is 0 Å². The van der Waals surface area contributed by atoms with Crippen LogP contribution in [0.15, 0.2) is 22.7 Å². The Kier molecular flexibility index (Phi) is 2.31. The van der Waals surface area contributed by atoms with Gasteiger partial charge in [-0.15, -0.1) is 0 Å². The average Bonchev–Trinajstić information content (AvgIpc) is 2.57. The van der Waals surface area contributed by atoms with Crippen molar-refractivity contribution in [2.45, 2.75) is 0 Å². The number of aromatic amines is 2. The van der Waals surface area contributed by atoms with Gasteiger partial charge in [0.25, 0.3) is 5.15 Å². The summed E-state index contributed by atoms with van der Waals surface area (Å²) in [7, 11) is 0. The third-order valence-electron chi connectivity index (χ3n) is 2.39. The molecule has 2 aromatic heterocycles. The van der Waals surface area contributed by atoms with Gasteiger partial charge in [-0.25, -0.2) is 4.98 Å². The van der Waals surface area contributed by atoms with E-state index in [1.165, 1.54) is 0 Å². The summed E-state index contributed by atoms with van der Waals surface area (Å²) in [4.78, 5) is 10.1. The van der Waals surface area contributed by atoms with E-state index >= 15 is 0 Å². The van der Waals surface area contributed by atoms with Gasteiger partial charge < -0.3 is 4.98 Å². The molecule has 2 heterocycles. The van der Waals surface area contributed by atoms with Crippen molar-refractivity contribution in [3.63, 3.8) is 0 Å². The highest BCUT2D eigenvalue weighted by atomic mass is 79.9. The number of aromatic nitrogens is 3. The predicted octanol–water partition coefficient (Wildman–Crippen LogP) is 3.60. The lowest BCUT2D eigenvalue weighted by Crippen LogP contribution is -2.06. The van der Waals surface area contributed by atoms with Gasteiger partial charge in [0.05, 0.1) is 5.52 Å². The van der Waals surface area contributed by atoms with Gasteiger partial charge in [-0.2, -0.15) is 0 Å². The molecule has 3 nitrogen and oxygen atoms in total. The lowest BCUT2D eigenvalue weighted by atomic mass is 10.2. The first-order chi connectivity index (χ1) is 7.65. The van der Waals surface area contributed by atoms with Gasteiger partial charge in [0, 0.05) is 21.5 Å². The third-order valence-corrected chi connectivity index (χ3v) is 3.34. The van der Waals surface area contributed by atoms with Crippen LogP contribution in [-0.4, -0.2) is 9.97 Å². The molecule has 16 heavy (non-hydrogen) atoms. The number of nitrogens with one attached hydrogen (secondary N) is 2. The second-order valence-electron chi connectivity index (χ2n) is 3.38. The molecule has 0 fully saturated rings. The van der Waals surface area contributed by atoms with E-state index < -0.39 is 0 Å². The fraction of sp³-hybridized carbons (Fsp3) is 0. The van der Waals surface area contributed by atoms with Crippen molar-refractivity contribution in [3.8, 4) is 0 Å². The van der Waals surface area contributed by atoms with Crippen molar-refractivity contribution in [1.29, 1.82) is 0 Å². The first kappa shape index (κ1) is 10.3. The molecule has 3 aromatic rings. The Morgan fingerprint density at radius 1 is 1.31 bits per heavy atom. The topological polar surface area (TPSA) is 42.8 Å². The number of benzene rings is 1. The van der Waals surface area contributed by atoms with Crippen LogP contribution in [0.2, 0.25) is 10.4 Å². The van der Waals surface area contributed by atoms with Gasteiger partial charge in [-0.05, 0) is 34.8 Å². The van der Waals surface area contributed by atoms with E-state index in [1.807, 2.05) is 18.2 Å². The number of nitrogens with zero attached hydrogens (tertiary/aromatic N) is 1. The van der Waals surface area contributed by atoms with Crippen molar-refractivity contribution in [2.75, 3.05) is 0 Å². The number of hydrogen-bond donors (Lipinski definition) is 1. The smallest absolute Gasteiger partial charge is 0.347 e. The average molecular weight is 318 g/mol. The zero-order valence-electron chi connectivity index (χ0n) is 7.81. The Bertz CT molecular complexity index is 708. The molecule has 2 N–H and O–H groups in total. The number of fused-ring (bicyclic) bond motifs is 3. The van der Waals surface area contributed by atoms with E-state index in [0.29, 0.717) is 5.15 Å². The number of hydrogen-bond acceptors (Lipinski definition) is 1. The number of rotatable bonds is 0. The third kappa shape index (κ3) is 1.49. The quantitative estimate of drug-likeness (QED) is 0.499. The highest BCUT2D eigenvalue weighted by molar-refractivity contribution is 9.10. The molecule has 0 bridgehead atoms. The van der Waals surface area contributed by atoms with Crippen LogP contribution in [0.3, 0.4) is 0 Å². The van der Waals surface area contributed by atoms with E-state index in [4.69, 9.17) is 23.2 Å². The van der Waals surface area contributed by atoms with E-state index in [0.717, 1.165) is 26.4 Å². The predicted molar refractivity (Wildman–Crippen MR) is 67.9 cm³/mol. The molecule has 0 atom stereocenters. The second kappa shape index (κ2) is 3.58. The van der Waals surface area contributed by atoms with Crippen LogP contribution in [0.1, 0.15) is 0 Å². The maximum Gasteiger partial charge on any atom is 0.395 e. The standard InChI is InChI=1S/C10H4BrCl2N3/c11-4-1-2-6-5(3-4)7-8(14-6)9(12)16-10(13)15-7/h1-3,14H/p+1. The SMILES string of the molecule is Clc1nc(Cl)c2[nH]c3ccc(Br)cc3c2[nH+]1. The van der Waals surface area contributed by atoms with E-state index in [9.17, 15) is 0 Å². The molecule has 0 amide bonds. The molecule has 3 rings (SSSR count). The Hall–Kier alpha value is -0.840. The summed E-state index contributed by atoms with van der Waals surface area (Å²) < 4.78 is 0.998. The molecule has 0 saturated heterocycles. The molecule has 0 aliphatic heterocycles. The first-order valence-electron chi connectivity index (χ1n) is 4.50. The van der Waals surface area contributed by atoms with Crippen molar-refractivity contribution >= 4 is 61.1 Å². The lowest BCUT2D eigenvalue weighted by Gasteiger charge is -1.90. The summed E-state index contributed by atoms with van der Waals surface area (Å²) in [5, 5.41) is 1.67. The summed E-state index contributed by atoms with van der Waals surface area (Å²) in [5.74, 6) is 0. The molecule has 0 saturated carbocycles. The number of halogens is 3. The highest BCUT2D eigenvalue weighted by Crippen LogP contribution is 2.28. The summed E-state index contributed by atoms with van der Waals surface area (Å²) in [5.41, 5.74) is 2.61. The van der Waals surface area contributed by atoms with Crippen LogP contribution in [0.4, 0.5) is 0 Å². The van der Waals surface area contributed by atoms with Crippen LogP contribution >= 0.6 is 39.1 Å². The molecule has 0 radical (unpaired) electrons. The molecule has 0 aliphatic rings. The molecule has 0 aliphatic carbocycles. The molecule has 0 unspecified atom stereocenters. The lowest BCUT2D eigenvalue weighted by molar-refractivity contribution is -0.345. The maximum absolute atomic E-state index is 6.02. The van der Waals surface area contributed by atoms with E-state index in [-0.39, 0.29) is 5.28 Å². The zero-order chi connectivity index (χ0) is 11.3. The normalized spacial score (nSPS) is 11.4. The minimum atomic E-state index is 0.276. The zero-order valence-corrected chi connectivity index (χ0v) is 10.9. The molecular formula is C10H5BrCl2N3+. The second-order valence-corrected chi connectivity index (χ2v) is 5.02. The van der Waals surface area contributed by atoms with Crippen LogP contribution < -0.4 is 4.98 Å². The number of H-pyrrole nitrogens is 2. The maximum atomic E-state index is 6.02. The van der Waals surface area contributed by atoms with Crippen molar-refractivity contribution in [2.24, 2.45) is 0 Å². The summed E-state index contributed by atoms with van der Waals surface area (Å²) in [6.45, 7) is 0. The Balaban J connectivity index is 2.57. The molecule has 6 heteroatoms. The van der Waals surface area contributed by atoms with Gasteiger partial charge in [0.1, 0.15) is 0 Å². The van der Waals surface area contributed by atoms with Gasteiger partial charge in [0.2, 0.25) is 0 Å². The van der Waals surface area contributed by atoms with Gasteiger partial charge in [0.15, 0.2) is 11.0 Å². The van der Waals surface area contributed by atoms with Gasteiger partial charge in [-0.1, -0.05) is 15.9 Å². The fourth-order valence-electron chi connectivity index (χ4n) is 1.72. The summed E-state index contributed by atoms with van der Waals surface area (Å²) >= 11 is 15.3.